The van der Waals surface area contributed by atoms with E-state index in [9.17, 15) is 4.79 Å². The highest BCUT2D eigenvalue weighted by Gasteiger charge is 2.02. The zero-order valence-electron chi connectivity index (χ0n) is 7.77. The third-order valence-corrected chi connectivity index (χ3v) is 2.35. The minimum Gasteiger partial charge on any atom is -0.353 e. The van der Waals surface area contributed by atoms with E-state index in [-0.39, 0.29) is 5.56 Å². The summed E-state index contributed by atoms with van der Waals surface area (Å²) in [7, 11) is 0. The number of para-hydroxylation sites is 1. The molecule has 15 heavy (non-hydrogen) atoms. The van der Waals surface area contributed by atoms with E-state index < -0.39 is 0 Å². The van der Waals surface area contributed by atoms with Crippen LogP contribution in [0.15, 0.2) is 41.2 Å². The van der Waals surface area contributed by atoms with Crippen LogP contribution >= 0.6 is 0 Å². The van der Waals surface area contributed by atoms with Crippen molar-refractivity contribution in [3.8, 4) is 0 Å². The van der Waals surface area contributed by atoms with Crippen LogP contribution in [0, 0.1) is 0 Å². The number of aromatic amines is 1. The van der Waals surface area contributed by atoms with Gasteiger partial charge in [0.15, 0.2) is 0 Å². The third kappa shape index (κ3) is 1.19. The maximum atomic E-state index is 11.0. The van der Waals surface area contributed by atoms with Gasteiger partial charge in [-0.1, -0.05) is 18.2 Å². The number of aromatic nitrogens is 3. The number of nitrogens with zero attached hydrogens (tertiary/aromatic N) is 2. The first-order valence-electron chi connectivity index (χ1n) is 4.59. The summed E-state index contributed by atoms with van der Waals surface area (Å²) in [6, 6.07) is 10.9. The molecular formula is C11H7N3O. The number of nitrogens with one attached hydrogen (secondary N) is 1. The van der Waals surface area contributed by atoms with Gasteiger partial charge in [-0.25, -0.2) is 0 Å². The molecule has 3 aromatic rings. The number of benzene rings is 1. The van der Waals surface area contributed by atoms with Crippen molar-refractivity contribution in [2.24, 2.45) is 0 Å². The highest BCUT2D eigenvalue weighted by atomic mass is 16.1. The van der Waals surface area contributed by atoms with Crippen molar-refractivity contribution < 1.29 is 0 Å². The smallest absolute Gasteiger partial charge is 0.288 e. The maximum Gasteiger partial charge on any atom is 0.288 e. The Morgan fingerprint density at radius 1 is 0.933 bits per heavy atom. The van der Waals surface area contributed by atoms with E-state index in [0.717, 1.165) is 21.9 Å². The Kier molecular flexibility index (Phi) is 1.56. The summed E-state index contributed by atoms with van der Waals surface area (Å²) in [6.45, 7) is 0. The van der Waals surface area contributed by atoms with Crippen LogP contribution in [-0.4, -0.2) is 15.2 Å². The molecule has 2 aromatic heterocycles. The first kappa shape index (κ1) is 8.11. The van der Waals surface area contributed by atoms with Crippen molar-refractivity contribution in [3.63, 3.8) is 0 Å². The van der Waals surface area contributed by atoms with Gasteiger partial charge in [0.1, 0.15) is 5.52 Å². The van der Waals surface area contributed by atoms with E-state index in [1.807, 2.05) is 24.3 Å². The molecule has 4 nitrogen and oxygen atoms in total. The maximum absolute atomic E-state index is 11.0. The number of hydrogen-bond acceptors (Lipinski definition) is 3. The second-order valence-corrected chi connectivity index (χ2v) is 3.30. The lowest BCUT2D eigenvalue weighted by Crippen LogP contribution is -1.99. The topological polar surface area (TPSA) is 58.6 Å². The van der Waals surface area contributed by atoms with Crippen molar-refractivity contribution in [2.75, 3.05) is 0 Å². The highest BCUT2D eigenvalue weighted by molar-refractivity contribution is 6.04. The average molecular weight is 197 g/mol. The molecule has 0 atom stereocenters. The lowest BCUT2D eigenvalue weighted by molar-refractivity contribution is 1.05. The minimum absolute atomic E-state index is 0.330. The molecule has 1 N–H and O–H groups in total. The number of fused-ring (bicyclic) bond motifs is 3. The summed E-state index contributed by atoms with van der Waals surface area (Å²) < 4.78 is 0. The molecular weight excluding hydrogens is 190 g/mol. The number of rotatable bonds is 0. The molecule has 0 spiro atoms. The van der Waals surface area contributed by atoms with Crippen LogP contribution in [0.3, 0.4) is 0 Å². The molecule has 1 aromatic carbocycles. The zero-order valence-corrected chi connectivity index (χ0v) is 7.77. The second-order valence-electron chi connectivity index (χ2n) is 3.30. The third-order valence-electron chi connectivity index (χ3n) is 2.35. The van der Waals surface area contributed by atoms with Gasteiger partial charge in [0.2, 0.25) is 0 Å². The molecule has 0 aliphatic carbocycles. The molecule has 0 saturated carbocycles. The van der Waals surface area contributed by atoms with Gasteiger partial charge in [-0.3, -0.25) is 4.79 Å². The van der Waals surface area contributed by atoms with Crippen molar-refractivity contribution >= 4 is 21.9 Å². The summed E-state index contributed by atoms with van der Waals surface area (Å²) in [5.41, 5.74) is 2.22. The van der Waals surface area contributed by atoms with E-state index in [0.29, 0.717) is 0 Å². The summed E-state index contributed by atoms with van der Waals surface area (Å²) in [5, 5.41) is 8.49. The highest BCUT2D eigenvalue weighted by Crippen LogP contribution is 2.20. The van der Waals surface area contributed by atoms with Gasteiger partial charge >= 0.3 is 0 Å². The van der Waals surface area contributed by atoms with Gasteiger partial charge in [-0.05, 0) is 12.1 Å². The van der Waals surface area contributed by atoms with E-state index in [1.165, 1.54) is 6.07 Å². The lowest BCUT2D eigenvalue weighted by atomic mass is 10.2. The van der Waals surface area contributed by atoms with Crippen molar-refractivity contribution in [1.29, 1.82) is 0 Å². The average Bonchev–Trinajstić information content (AvgIpc) is 2.51. The van der Waals surface area contributed by atoms with Crippen molar-refractivity contribution in [1.82, 2.24) is 15.2 Å². The standard InChI is InChI=1S/C11H7N3O/c15-10-6-5-9-11(14-13-10)7-3-1-2-4-8(7)12-9/h1-6,12H. The van der Waals surface area contributed by atoms with Gasteiger partial charge in [0, 0.05) is 17.0 Å². The van der Waals surface area contributed by atoms with Gasteiger partial charge in [-0.15, -0.1) is 10.2 Å². The molecule has 4 heteroatoms. The molecule has 72 valence electrons. The Hall–Kier alpha value is -2.23. The fourth-order valence-electron chi connectivity index (χ4n) is 1.66. The second kappa shape index (κ2) is 2.88. The Morgan fingerprint density at radius 2 is 1.80 bits per heavy atom. The Bertz CT molecular complexity index is 703. The number of H-pyrrole nitrogens is 1. The Morgan fingerprint density at radius 3 is 2.73 bits per heavy atom. The molecule has 2 heterocycles. The van der Waals surface area contributed by atoms with E-state index in [4.69, 9.17) is 0 Å². The van der Waals surface area contributed by atoms with E-state index in [2.05, 4.69) is 15.2 Å². The fourth-order valence-corrected chi connectivity index (χ4v) is 1.66. The van der Waals surface area contributed by atoms with Crippen molar-refractivity contribution in [2.45, 2.75) is 0 Å². The number of hydrogen-bond donors (Lipinski definition) is 1. The van der Waals surface area contributed by atoms with Crippen LogP contribution < -0.4 is 5.56 Å². The normalized spacial score (nSPS) is 10.9. The fraction of sp³-hybridized carbons (Fsp3) is 0. The predicted molar refractivity (Wildman–Crippen MR) is 57.7 cm³/mol. The van der Waals surface area contributed by atoms with E-state index in [1.54, 1.807) is 6.07 Å². The van der Waals surface area contributed by atoms with E-state index >= 15 is 0 Å². The molecule has 0 fully saturated rings. The van der Waals surface area contributed by atoms with Crippen LogP contribution in [0.1, 0.15) is 0 Å². The van der Waals surface area contributed by atoms with Gasteiger partial charge in [-0.2, -0.15) is 0 Å². The molecule has 0 unspecified atom stereocenters. The van der Waals surface area contributed by atoms with Crippen molar-refractivity contribution in [3.05, 3.63) is 46.8 Å². The van der Waals surface area contributed by atoms with Gasteiger partial charge in [0.05, 0.1) is 5.52 Å². The molecule has 3 rings (SSSR count). The van der Waals surface area contributed by atoms with Crippen LogP contribution in [0.2, 0.25) is 0 Å². The van der Waals surface area contributed by atoms with Crippen LogP contribution in [0.5, 0.6) is 0 Å². The first-order valence-corrected chi connectivity index (χ1v) is 4.59. The Balaban J connectivity index is 2.61. The SMILES string of the molecule is O=c1ccc2[nH]c3ccccc3c2nn1. The molecule has 0 saturated heterocycles. The largest absolute Gasteiger partial charge is 0.353 e. The summed E-state index contributed by atoms with van der Waals surface area (Å²) in [5.74, 6) is 0. The first-order chi connectivity index (χ1) is 7.34. The molecule has 0 aliphatic heterocycles. The molecule has 0 radical (unpaired) electrons. The monoisotopic (exact) mass is 197 g/mol. The van der Waals surface area contributed by atoms with Crippen LogP contribution in [0.25, 0.3) is 21.9 Å². The summed E-state index contributed by atoms with van der Waals surface area (Å²) in [4.78, 5) is 14.2. The zero-order chi connectivity index (χ0) is 10.3. The molecule has 0 bridgehead atoms. The predicted octanol–water partition coefficient (Wildman–Crippen LogP) is 1.47. The van der Waals surface area contributed by atoms with Gasteiger partial charge < -0.3 is 4.98 Å². The summed E-state index contributed by atoms with van der Waals surface area (Å²) in [6.07, 6.45) is 0. The lowest BCUT2D eigenvalue weighted by Gasteiger charge is -1.84. The minimum atomic E-state index is -0.330. The molecule has 0 amide bonds. The summed E-state index contributed by atoms with van der Waals surface area (Å²) >= 11 is 0. The molecule has 0 aliphatic rings. The van der Waals surface area contributed by atoms with Crippen LogP contribution in [-0.2, 0) is 0 Å². The van der Waals surface area contributed by atoms with Crippen LogP contribution in [0.4, 0.5) is 0 Å². The Labute approximate surface area is 84.6 Å². The van der Waals surface area contributed by atoms with Gasteiger partial charge in [0.25, 0.3) is 5.56 Å². The quantitative estimate of drug-likeness (QED) is 0.593.